The van der Waals surface area contributed by atoms with E-state index < -0.39 is 0 Å². The first-order valence-corrected chi connectivity index (χ1v) is 8.42. The van der Waals surface area contributed by atoms with Crippen molar-refractivity contribution in [2.45, 2.75) is 25.6 Å². The Morgan fingerprint density at radius 1 is 1.40 bits per heavy atom. The smallest absolute Gasteiger partial charge is 0.248 e. The van der Waals surface area contributed by atoms with Crippen molar-refractivity contribution < 1.29 is 9.53 Å². The van der Waals surface area contributed by atoms with Crippen molar-refractivity contribution >= 4 is 5.91 Å². The van der Waals surface area contributed by atoms with Gasteiger partial charge in [-0.2, -0.15) is 5.10 Å². The molecule has 3 heterocycles. The van der Waals surface area contributed by atoms with Crippen molar-refractivity contribution in [3.8, 4) is 0 Å². The quantitative estimate of drug-likeness (QED) is 0.747. The molecule has 136 valence electrons. The molecule has 1 atom stereocenters. The molecular formula is C17H26N6O2. The Balaban J connectivity index is 1.69. The highest BCUT2D eigenvalue weighted by atomic mass is 16.5. The summed E-state index contributed by atoms with van der Waals surface area (Å²) < 4.78 is 9.61. The number of ether oxygens (including phenoxy) is 1. The minimum absolute atomic E-state index is 0.0177. The highest BCUT2D eigenvalue weighted by molar-refractivity contribution is 5.76. The fourth-order valence-electron chi connectivity index (χ4n) is 3.12. The van der Waals surface area contributed by atoms with E-state index in [0.29, 0.717) is 6.61 Å². The van der Waals surface area contributed by atoms with Gasteiger partial charge in [-0.25, -0.2) is 4.98 Å². The Morgan fingerprint density at radius 3 is 2.88 bits per heavy atom. The molecule has 0 radical (unpaired) electrons. The van der Waals surface area contributed by atoms with E-state index in [-0.39, 0.29) is 18.6 Å². The molecule has 1 amide bonds. The van der Waals surface area contributed by atoms with Crippen LogP contribution in [0.2, 0.25) is 0 Å². The Bertz CT molecular complexity index is 735. The van der Waals surface area contributed by atoms with Gasteiger partial charge in [0.05, 0.1) is 24.8 Å². The zero-order valence-electron chi connectivity index (χ0n) is 15.3. The number of carbonyl (C=O) groups is 1. The summed E-state index contributed by atoms with van der Waals surface area (Å²) in [5.74, 6) is -0.0177. The highest BCUT2D eigenvalue weighted by Gasteiger charge is 2.29. The van der Waals surface area contributed by atoms with Crippen LogP contribution in [0, 0.1) is 0 Å². The van der Waals surface area contributed by atoms with E-state index in [9.17, 15) is 4.79 Å². The second-order valence-corrected chi connectivity index (χ2v) is 6.84. The topological polar surface area (TPSA) is 68.4 Å². The number of carbonyl (C=O) groups excluding carboxylic acids is 1. The summed E-state index contributed by atoms with van der Waals surface area (Å²) in [5, 5.41) is 4.25. The number of rotatable bonds is 6. The predicted molar refractivity (Wildman–Crippen MR) is 92.7 cm³/mol. The third-order valence-electron chi connectivity index (χ3n) is 4.62. The van der Waals surface area contributed by atoms with Crippen LogP contribution < -0.4 is 0 Å². The summed E-state index contributed by atoms with van der Waals surface area (Å²) in [6, 6.07) is 0.207. The average molecular weight is 346 g/mol. The number of hydrogen-bond donors (Lipinski definition) is 0. The standard InChI is InChI=1S/C17H26N6O2/c1-20(2)17(24)11-25-10-14-5-16-15(18-12-21(16)3)9-23(14)8-13-6-19-22(4)7-13/h6-7,12,14H,5,8-11H2,1-4H3/t14-/m1/s1. The van der Waals surface area contributed by atoms with Crippen LogP contribution in [0.3, 0.4) is 0 Å². The van der Waals surface area contributed by atoms with Gasteiger partial charge in [0.2, 0.25) is 5.91 Å². The zero-order valence-corrected chi connectivity index (χ0v) is 15.3. The van der Waals surface area contributed by atoms with Crippen LogP contribution in [-0.4, -0.2) is 68.4 Å². The number of hydrogen-bond acceptors (Lipinski definition) is 5. The molecular weight excluding hydrogens is 320 g/mol. The van der Waals surface area contributed by atoms with Crippen molar-refractivity contribution in [1.82, 2.24) is 29.1 Å². The lowest BCUT2D eigenvalue weighted by Crippen LogP contribution is -2.43. The van der Waals surface area contributed by atoms with Gasteiger partial charge in [0.25, 0.3) is 0 Å². The highest BCUT2D eigenvalue weighted by Crippen LogP contribution is 2.24. The maximum atomic E-state index is 11.7. The number of fused-ring (bicyclic) bond motifs is 1. The molecule has 0 spiro atoms. The maximum Gasteiger partial charge on any atom is 0.248 e. The van der Waals surface area contributed by atoms with E-state index in [1.165, 1.54) is 5.69 Å². The van der Waals surface area contributed by atoms with Crippen LogP contribution >= 0.6 is 0 Å². The molecule has 0 fully saturated rings. The first-order valence-electron chi connectivity index (χ1n) is 8.42. The minimum Gasteiger partial charge on any atom is -0.370 e. The molecule has 0 unspecified atom stereocenters. The Morgan fingerprint density at radius 2 is 2.20 bits per heavy atom. The first-order chi connectivity index (χ1) is 11.9. The van der Waals surface area contributed by atoms with Gasteiger partial charge in [0.1, 0.15) is 6.61 Å². The molecule has 1 aliphatic rings. The van der Waals surface area contributed by atoms with Crippen molar-refractivity contribution in [2.75, 3.05) is 27.3 Å². The first kappa shape index (κ1) is 17.6. The van der Waals surface area contributed by atoms with Crippen LogP contribution in [0.4, 0.5) is 0 Å². The third kappa shape index (κ3) is 4.08. The summed E-state index contributed by atoms with van der Waals surface area (Å²) in [4.78, 5) is 20.2. The van der Waals surface area contributed by atoms with Crippen molar-refractivity contribution in [3.05, 3.63) is 35.7 Å². The van der Waals surface area contributed by atoms with Gasteiger partial charge >= 0.3 is 0 Å². The van der Waals surface area contributed by atoms with Gasteiger partial charge in [0.15, 0.2) is 0 Å². The Kier molecular flexibility index (Phi) is 5.19. The fourth-order valence-corrected chi connectivity index (χ4v) is 3.12. The molecule has 0 bridgehead atoms. The second kappa shape index (κ2) is 7.37. The number of likely N-dealkylation sites (N-methyl/N-ethyl adjacent to an activating group) is 1. The summed E-state index contributed by atoms with van der Waals surface area (Å²) >= 11 is 0. The van der Waals surface area contributed by atoms with Gasteiger partial charge in [0, 0.05) is 71.2 Å². The van der Waals surface area contributed by atoms with E-state index in [0.717, 1.165) is 30.8 Å². The molecule has 0 aromatic carbocycles. The van der Waals surface area contributed by atoms with Crippen molar-refractivity contribution in [1.29, 1.82) is 0 Å². The van der Waals surface area contributed by atoms with Crippen LogP contribution in [-0.2, 0) is 43.1 Å². The molecule has 3 rings (SSSR count). The van der Waals surface area contributed by atoms with Gasteiger partial charge < -0.3 is 14.2 Å². The van der Waals surface area contributed by atoms with E-state index in [1.807, 2.05) is 37.5 Å². The molecule has 0 saturated carbocycles. The average Bonchev–Trinajstić information content (AvgIpc) is 3.13. The number of aromatic nitrogens is 4. The van der Waals surface area contributed by atoms with Crippen LogP contribution in [0.15, 0.2) is 18.7 Å². The lowest BCUT2D eigenvalue weighted by Gasteiger charge is -2.35. The summed E-state index contributed by atoms with van der Waals surface area (Å²) in [6.45, 7) is 2.20. The lowest BCUT2D eigenvalue weighted by molar-refractivity contribution is -0.134. The number of nitrogens with zero attached hydrogens (tertiary/aromatic N) is 6. The molecule has 0 N–H and O–H groups in total. The predicted octanol–water partition coefficient (Wildman–Crippen LogP) is 0.185. The molecule has 8 heteroatoms. The SMILES string of the molecule is CN(C)C(=O)COC[C@H]1Cc2c(ncn2C)CN1Cc1cnn(C)c1. The molecule has 1 aliphatic heterocycles. The summed E-state index contributed by atoms with van der Waals surface area (Å²) in [5.41, 5.74) is 3.53. The number of aryl methyl sites for hydroxylation is 2. The Labute approximate surface area is 148 Å². The third-order valence-corrected chi connectivity index (χ3v) is 4.62. The molecule has 25 heavy (non-hydrogen) atoms. The molecule has 0 saturated heterocycles. The van der Waals surface area contributed by atoms with E-state index in [1.54, 1.807) is 19.0 Å². The van der Waals surface area contributed by atoms with E-state index in [4.69, 9.17) is 4.74 Å². The monoisotopic (exact) mass is 346 g/mol. The number of amides is 1. The zero-order chi connectivity index (χ0) is 18.0. The molecule has 2 aromatic heterocycles. The van der Waals surface area contributed by atoms with Gasteiger partial charge in [-0.05, 0) is 0 Å². The fraction of sp³-hybridized carbons (Fsp3) is 0.588. The van der Waals surface area contributed by atoms with E-state index in [2.05, 4.69) is 19.5 Å². The maximum absolute atomic E-state index is 11.7. The minimum atomic E-state index is -0.0177. The largest absolute Gasteiger partial charge is 0.370 e. The van der Waals surface area contributed by atoms with Crippen molar-refractivity contribution in [2.24, 2.45) is 14.1 Å². The normalized spacial score (nSPS) is 17.5. The second-order valence-electron chi connectivity index (χ2n) is 6.84. The number of imidazole rings is 1. The van der Waals surface area contributed by atoms with Crippen LogP contribution in [0.1, 0.15) is 17.0 Å². The molecule has 8 nitrogen and oxygen atoms in total. The Hall–Kier alpha value is -2.19. The van der Waals surface area contributed by atoms with Gasteiger partial charge in [-0.1, -0.05) is 0 Å². The van der Waals surface area contributed by atoms with Crippen LogP contribution in [0.25, 0.3) is 0 Å². The summed E-state index contributed by atoms with van der Waals surface area (Å²) in [7, 11) is 7.42. The molecule has 2 aromatic rings. The summed E-state index contributed by atoms with van der Waals surface area (Å²) in [6.07, 6.45) is 6.65. The van der Waals surface area contributed by atoms with Crippen molar-refractivity contribution in [3.63, 3.8) is 0 Å². The van der Waals surface area contributed by atoms with Crippen LogP contribution in [0.5, 0.6) is 0 Å². The van der Waals surface area contributed by atoms with Gasteiger partial charge in [-0.15, -0.1) is 0 Å². The lowest BCUT2D eigenvalue weighted by atomic mass is 10.0. The van der Waals surface area contributed by atoms with E-state index >= 15 is 0 Å². The molecule has 0 aliphatic carbocycles. The van der Waals surface area contributed by atoms with Gasteiger partial charge in [-0.3, -0.25) is 14.4 Å².